The van der Waals surface area contributed by atoms with Crippen LogP contribution in [0.4, 0.5) is 0 Å². The monoisotopic (exact) mass is 357 g/mol. The quantitative estimate of drug-likeness (QED) is 0.693. The molecule has 0 saturated heterocycles. The number of halogens is 1. The first-order valence-electron chi connectivity index (χ1n) is 8.44. The molecular weight excluding hydrogens is 338 g/mol. The third-order valence-electron chi connectivity index (χ3n) is 4.52. The summed E-state index contributed by atoms with van der Waals surface area (Å²) in [5.41, 5.74) is 0.887. The van der Waals surface area contributed by atoms with Crippen LogP contribution in [0.15, 0.2) is 28.8 Å². The molecule has 0 saturated carbocycles. The van der Waals surface area contributed by atoms with Crippen molar-refractivity contribution in [2.24, 2.45) is 0 Å². The highest BCUT2D eigenvalue weighted by atomic mass is 35.5. The lowest BCUT2D eigenvalue weighted by Crippen LogP contribution is -2.25. The maximum absolute atomic E-state index is 5.93. The van der Waals surface area contributed by atoms with Gasteiger partial charge in [-0.05, 0) is 30.7 Å². The van der Waals surface area contributed by atoms with Gasteiger partial charge in [0.2, 0.25) is 11.7 Å². The number of aromatic nitrogens is 5. The highest BCUT2D eigenvalue weighted by molar-refractivity contribution is 6.30. The molecule has 0 fully saturated rings. The Bertz CT molecular complexity index is 891. The van der Waals surface area contributed by atoms with Crippen LogP contribution in [0, 0.1) is 0 Å². The number of benzene rings is 1. The van der Waals surface area contributed by atoms with E-state index in [1.807, 2.05) is 24.3 Å². The third kappa shape index (κ3) is 3.06. The first kappa shape index (κ1) is 16.3. The van der Waals surface area contributed by atoms with E-state index in [2.05, 4.69) is 45.7 Å². The second-order valence-corrected chi connectivity index (χ2v) is 7.93. The summed E-state index contributed by atoms with van der Waals surface area (Å²) in [6.07, 6.45) is 1.71. The smallest absolute Gasteiger partial charge is 0.230 e. The van der Waals surface area contributed by atoms with E-state index in [1.165, 1.54) is 0 Å². The summed E-state index contributed by atoms with van der Waals surface area (Å²) in [6.45, 7) is 7.35. The van der Waals surface area contributed by atoms with Crippen LogP contribution in [0.2, 0.25) is 5.02 Å². The van der Waals surface area contributed by atoms with Gasteiger partial charge in [0.05, 0.1) is 0 Å². The van der Waals surface area contributed by atoms with Crippen molar-refractivity contribution in [3.8, 4) is 11.4 Å². The highest BCUT2D eigenvalue weighted by Crippen LogP contribution is 2.32. The van der Waals surface area contributed by atoms with Crippen molar-refractivity contribution < 1.29 is 4.52 Å². The van der Waals surface area contributed by atoms with Crippen LogP contribution in [0.5, 0.6) is 0 Å². The lowest BCUT2D eigenvalue weighted by atomic mass is 9.93. The number of fused-ring (bicyclic) bond motifs is 1. The fourth-order valence-corrected chi connectivity index (χ4v) is 3.34. The van der Waals surface area contributed by atoms with Crippen LogP contribution in [-0.2, 0) is 18.4 Å². The number of nitrogens with zero attached hydrogens (tertiary/aromatic N) is 5. The van der Waals surface area contributed by atoms with Gasteiger partial charge in [0.25, 0.3) is 0 Å². The molecule has 0 radical (unpaired) electrons. The molecule has 1 aliphatic rings. The van der Waals surface area contributed by atoms with Crippen molar-refractivity contribution in [3.05, 3.63) is 46.8 Å². The van der Waals surface area contributed by atoms with E-state index in [4.69, 9.17) is 16.1 Å². The molecule has 0 amide bonds. The average Bonchev–Trinajstić information content (AvgIpc) is 3.21. The molecule has 1 unspecified atom stereocenters. The van der Waals surface area contributed by atoms with Crippen LogP contribution in [0.1, 0.15) is 50.6 Å². The normalized spacial score (nSPS) is 17.5. The summed E-state index contributed by atoms with van der Waals surface area (Å²) in [5.74, 6) is 3.46. The van der Waals surface area contributed by atoms with Gasteiger partial charge in [0.15, 0.2) is 0 Å². The predicted molar refractivity (Wildman–Crippen MR) is 94.5 cm³/mol. The van der Waals surface area contributed by atoms with Crippen molar-refractivity contribution >= 4 is 11.6 Å². The molecule has 3 heterocycles. The maximum atomic E-state index is 5.93. The zero-order chi connectivity index (χ0) is 17.6. The largest absolute Gasteiger partial charge is 0.339 e. The molecule has 3 aromatic rings. The van der Waals surface area contributed by atoms with Crippen molar-refractivity contribution in [3.63, 3.8) is 0 Å². The standard InChI is InChI=1S/C18H20ClN5O/c1-18(2,3)17-22-21-14-10-12(8-9-24(14)17)16-20-15(23-25-16)11-4-6-13(19)7-5-11/h4-7,12H,8-10H2,1-3H3. The van der Waals surface area contributed by atoms with Crippen molar-refractivity contribution in [1.82, 2.24) is 24.9 Å². The van der Waals surface area contributed by atoms with Crippen molar-refractivity contribution in [2.45, 2.75) is 51.5 Å². The Morgan fingerprint density at radius 2 is 1.92 bits per heavy atom. The number of rotatable bonds is 2. The van der Waals surface area contributed by atoms with Gasteiger partial charge in [0, 0.05) is 34.9 Å². The van der Waals surface area contributed by atoms with Gasteiger partial charge >= 0.3 is 0 Å². The minimum Gasteiger partial charge on any atom is -0.339 e. The third-order valence-corrected chi connectivity index (χ3v) is 4.77. The number of hydrogen-bond acceptors (Lipinski definition) is 5. The molecule has 6 nitrogen and oxygen atoms in total. The lowest BCUT2D eigenvalue weighted by Gasteiger charge is -2.24. The Morgan fingerprint density at radius 3 is 2.64 bits per heavy atom. The van der Waals surface area contributed by atoms with E-state index >= 15 is 0 Å². The molecule has 0 aliphatic carbocycles. The molecule has 130 valence electrons. The Morgan fingerprint density at radius 1 is 1.16 bits per heavy atom. The fraction of sp³-hybridized carbons (Fsp3) is 0.444. The van der Waals surface area contributed by atoms with Crippen LogP contribution in [-0.4, -0.2) is 24.9 Å². The van der Waals surface area contributed by atoms with Crippen molar-refractivity contribution in [2.75, 3.05) is 0 Å². The summed E-state index contributed by atoms with van der Waals surface area (Å²) in [5, 5.41) is 13.6. The fourth-order valence-electron chi connectivity index (χ4n) is 3.21. The van der Waals surface area contributed by atoms with Crippen LogP contribution in [0.25, 0.3) is 11.4 Å². The topological polar surface area (TPSA) is 69.6 Å². The highest BCUT2D eigenvalue weighted by Gasteiger charge is 2.31. The Hall–Kier alpha value is -2.21. The first-order chi connectivity index (χ1) is 11.9. The molecule has 25 heavy (non-hydrogen) atoms. The van der Waals surface area contributed by atoms with E-state index in [-0.39, 0.29) is 11.3 Å². The second kappa shape index (κ2) is 5.95. The maximum Gasteiger partial charge on any atom is 0.230 e. The summed E-state index contributed by atoms with van der Waals surface area (Å²) in [6, 6.07) is 7.43. The van der Waals surface area contributed by atoms with Crippen LogP contribution < -0.4 is 0 Å². The molecule has 0 spiro atoms. The molecule has 1 aromatic carbocycles. The van der Waals surface area contributed by atoms with Gasteiger partial charge in [0.1, 0.15) is 11.6 Å². The average molecular weight is 358 g/mol. The van der Waals surface area contributed by atoms with E-state index in [0.717, 1.165) is 36.6 Å². The van der Waals surface area contributed by atoms with Crippen molar-refractivity contribution in [1.29, 1.82) is 0 Å². The van der Waals surface area contributed by atoms with E-state index in [0.29, 0.717) is 16.7 Å². The van der Waals surface area contributed by atoms with E-state index < -0.39 is 0 Å². The zero-order valence-corrected chi connectivity index (χ0v) is 15.3. The molecule has 0 N–H and O–H groups in total. The molecule has 4 rings (SSSR count). The SMILES string of the molecule is CC(C)(C)c1nnc2n1CCC(c1nc(-c3ccc(Cl)cc3)no1)C2. The van der Waals surface area contributed by atoms with Gasteiger partial charge in [-0.15, -0.1) is 10.2 Å². The van der Waals surface area contributed by atoms with Gasteiger partial charge in [-0.25, -0.2) is 0 Å². The van der Waals surface area contributed by atoms with Crippen LogP contribution in [0.3, 0.4) is 0 Å². The van der Waals surface area contributed by atoms with Crippen LogP contribution >= 0.6 is 11.6 Å². The Kier molecular flexibility index (Phi) is 3.87. The molecular formula is C18H20ClN5O. The minimum atomic E-state index is -0.00960. The van der Waals surface area contributed by atoms with Gasteiger partial charge < -0.3 is 9.09 Å². The summed E-state index contributed by atoms with van der Waals surface area (Å²) < 4.78 is 7.76. The molecule has 1 atom stereocenters. The molecule has 1 aliphatic heterocycles. The molecule has 2 aromatic heterocycles. The van der Waals surface area contributed by atoms with E-state index in [1.54, 1.807) is 0 Å². The molecule has 0 bridgehead atoms. The number of hydrogen-bond donors (Lipinski definition) is 0. The second-order valence-electron chi connectivity index (χ2n) is 7.49. The van der Waals surface area contributed by atoms with Gasteiger partial charge in [-0.3, -0.25) is 0 Å². The lowest BCUT2D eigenvalue weighted by molar-refractivity contribution is 0.319. The first-order valence-corrected chi connectivity index (χ1v) is 8.82. The summed E-state index contributed by atoms with van der Waals surface area (Å²) >= 11 is 5.93. The Labute approximate surface area is 151 Å². The zero-order valence-electron chi connectivity index (χ0n) is 14.5. The molecule has 7 heteroatoms. The summed E-state index contributed by atoms with van der Waals surface area (Å²) in [4.78, 5) is 4.58. The Balaban J connectivity index is 1.57. The minimum absolute atomic E-state index is 0.00960. The van der Waals surface area contributed by atoms with Gasteiger partial charge in [-0.1, -0.05) is 37.5 Å². The predicted octanol–water partition coefficient (Wildman–Crippen LogP) is 4.01. The van der Waals surface area contributed by atoms with Gasteiger partial charge in [-0.2, -0.15) is 4.98 Å². The summed E-state index contributed by atoms with van der Waals surface area (Å²) in [7, 11) is 0. The van der Waals surface area contributed by atoms with E-state index in [9.17, 15) is 0 Å².